The lowest BCUT2D eigenvalue weighted by atomic mass is 9.99. The highest BCUT2D eigenvalue weighted by Crippen LogP contribution is 2.21. The maximum absolute atomic E-state index is 13.8. The van der Waals surface area contributed by atoms with Gasteiger partial charge in [0.25, 0.3) is 11.8 Å². The maximum Gasteiger partial charge on any atom is 0.408 e. The number of amides is 3. The van der Waals surface area contributed by atoms with Crippen LogP contribution in [0.5, 0.6) is 0 Å². The number of nitrogens with zero attached hydrogens (tertiary/aromatic N) is 2. The van der Waals surface area contributed by atoms with Crippen molar-refractivity contribution >= 4 is 23.7 Å². The van der Waals surface area contributed by atoms with Gasteiger partial charge in [-0.2, -0.15) is 0 Å². The largest absolute Gasteiger partial charge is 0.445 e. The van der Waals surface area contributed by atoms with Crippen molar-refractivity contribution in [2.24, 2.45) is 5.92 Å². The van der Waals surface area contributed by atoms with E-state index in [2.05, 4.69) is 21.7 Å². The number of aryl methyl sites for hydroxylation is 1. The lowest BCUT2D eigenvalue weighted by Gasteiger charge is -2.28. The van der Waals surface area contributed by atoms with E-state index < -0.39 is 29.9 Å². The zero-order valence-corrected chi connectivity index (χ0v) is 26.7. The number of oxazole rings is 1. The molecule has 4 aromatic rings. The molecule has 1 aromatic heterocycles. The van der Waals surface area contributed by atoms with Crippen molar-refractivity contribution in [3.8, 4) is 0 Å². The van der Waals surface area contributed by atoms with E-state index in [4.69, 9.17) is 9.15 Å². The number of hydrogen-bond donors (Lipinski definition) is 2. The Morgan fingerprint density at radius 2 is 1.51 bits per heavy atom. The van der Waals surface area contributed by atoms with Crippen LogP contribution in [0.2, 0.25) is 0 Å². The fourth-order valence-electron chi connectivity index (χ4n) is 5.57. The molecule has 2 N–H and O–H groups in total. The van der Waals surface area contributed by atoms with Gasteiger partial charge in [-0.3, -0.25) is 14.4 Å². The van der Waals surface area contributed by atoms with Crippen LogP contribution in [0.4, 0.5) is 4.79 Å². The number of hydrogen-bond acceptors (Lipinski definition) is 7. The average molecular weight is 637 g/mol. The van der Waals surface area contributed by atoms with Crippen molar-refractivity contribution in [3.63, 3.8) is 0 Å². The molecule has 5 rings (SSSR count). The topological polar surface area (TPSA) is 131 Å². The van der Waals surface area contributed by atoms with E-state index in [9.17, 15) is 19.2 Å². The van der Waals surface area contributed by atoms with Gasteiger partial charge in [0, 0.05) is 13.1 Å². The summed E-state index contributed by atoms with van der Waals surface area (Å²) in [5, 5.41) is 5.49. The summed E-state index contributed by atoms with van der Waals surface area (Å²) in [5.41, 5.74) is 4.10. The number of ether oxygens (including phenoxy) is 1. The highest BCUT2D eigenvalue weighted by atomic mass is 16.5. The number of aromatic nitrogens is 1. The van der Waals surface area contributed by atoms with Crippen molar-refractivity contribution in [1.82, 2.24) is 20.5 Å². The third-order valence-electron chi connectivity index (χ3n) is 8.08. The molecule has 10 heteroatoms. The molecule has 0 saturated heterocycles. The molecule has 2 heterocycles. The van der Waals surface area contributed by atoms with Crippen molar-refractivity contribution in [3.05, 3.63) is 125 Å². The molecule has 3 amide bonds. The zero-order valence-electron chi connectivity index (χ0n) is 26.7. The van der Waals surface area contributed by atoms with Crippen LogP contribution in [0, 0.1) is 5.92 Å². The van der Waals surface area contributed by atoms with E-state index in [-0.39, 0.29) is 36.4 Å². The summed E-state index contributed by atoms with van der Waals surface area (Å²) in [5.74, 6) is -1.63. The zero-order chi connectivity index (χ0) is 33.2. The van der Waals surface area contributed by atoms with Gasteiger partial charge in [0.15, 0.2) is 5.69 Å². The Kier molecular flexibility index (Phi) is 11.2. The standard InChI is InChI=1S/C37H40N4O6/c1-25(2)21-31(40-37(45)47-23-27-13-7-4-8-14-27)34(43)38-30(18-17-26-11-5-3-6-12-26)33(42)35-39-32(24-46-35)36(44)41-20-19-28-15-9-10-16-29(28)22-41/h3-16,24-25,30-31H,17-23H2,1-2H3,(H,38,43)(H,40,45). The number of carbonyl (C=O) groups is 4. The van der Waals surface area contributed by atoms with Crippen molar-refractivity contribution in [2.75, 3.05) is 6.54 Å². The molecular formula is C37H40N4O6. The smallest absolute Gasteiger partial charge is 0.408 e. The van der Waals surface area contributed by atoms with E-state index in [0.717, 1.165) is 23.1 Å². The number of nitrogens with one attached hydrogen (secondary N) is 2. The molecule has 0 spiro atoms. The van der Waals surface area contributed by atoms with Gasteiger partial charge in [-0.25, -0.2) is 9.78 Å². The Morgan fingerprint density at radius 3 is 2.21 bits per heavy atom. The normalized spacial score (nSPS) is 13.7. The molecule has 0 fully saturated rings. The third-order valence-corrected chi connectivity index (χ3v) is 8.08. The van der Waals surface area contributed by atoms with Gasteiger partial charge in [0.1, 0.15) is 18.9 Å². The predicted octanol–water partition coefficient (Wildman–Crippen LogP) is 5.51. The van der Waals surface area contributed by atoms with E-state index in [1.807, 2.05) is 92.7 Å². The average Bonchev–Trinajstić information content (AvgIpc) is 3.59. The van der Waals surface area contributed by atoms with Crippen molar-refractivity contribution in [2.45, 2.75) is 64.8 Å². The minimum absolute atomic E-state index is 0.0291. The number of Topliss-reactive ketones (excluding diaryl/α,β-unsaturated/α-hetero) is 1. The molecule has 0 aliphatic carbocycles. The summed E-state index contributed by atoms with van der Waals surface area (Å²) < 4.78 is 10.9. The first-order valence-corrected chi connectivity index (χ1v) is 15.9. The van der Waals surface area contributed by atoms with Gasteiger partial charge in [-0.05, 0) is 53.9 Å². The first-order chi connectivity index (χ1) is 22.8. The van der Waals surface area contributed by atoms with E-state index in [1.165, 1.54) is 11.8 Å². The summed E-state index contributed by atoms with van der Waals surface area (Å²) in [6, 6.07) is 24.8. The van der Waals surface area contributed by atoms with Gasteiger partial charge >= 0.3 is 6.09 Å². The minimum atomic E-state index is -1.03. The molecule has 3 aromatic carbocycles. The number of rotatable bonds is 13. The molecule has 47 heavy (non-hydrogen) atoms. The molecule has 0 saturated carbocycles. The third kappa shape index (κ3) is 9.16. The summed E-state index contributed by atoms with van der Waals surface area (Å²) in [6.45, 7) is 4.89. The molecule has 244 valence electrons. The lowest BCUT2D eigenvalue weighted by Crippen LogP contribution is -2.52. The number of alkyl carbamates (subject to hydrolysis) is 1. The Bertz CT molecular complexity index is 1670. The van der Waals surface area contributed by atoms with Gasteiger partial charge in [0.2, 0.25) is 11.7 Å². The van der Waals surface area contributed by atoms with Crippen LogP contribution in [-0.4, -0.2) is 52.2 Å². The Labute approximate surface area is 274 Å². The van der Waals surface area contributed by atoms with E-state index >= 15 is 0 Å². The monoisotopic (exact) mass is 636 g/mol. The van der Waals surface area contributed by atoms with Crippen LogP contribution in [0.25, 0.3) is 0 Å². The maximum atomic E-state index is 13.8. The highest BCUT2D eigenvalue weighted by molar-refractivity contribution is 6.01. The second-order valence-corrected chi connectivity index (χ2v) is 12.1. The molecular weight excluding hydrogens is 596 g/mol. The summed E-state index contributed by atoms with van der Waals surface area (Å²) in [4.78, 5) is 59.4. The molecule has 1 aliphatic rings. The molecule has 2 atom stereocenters. The van der Waals surface area contributed by atoms with Crippen molar-refractivity contribution < 1.29 is 28.3 Å². The first kappa shape index (κ1) is 33.1. The number of carbonyl (C=O) groups excluding carboxylic acids is 4. The second kappa shape index (κ2) is 15.8. The van der Waals surface area contributed by atoms with Crippen molar-refractivity contribution in [1.29, 1.82) is 0 Å². The van der Waals surface area contributed by atoms with Crippen LogP contribution in [0.3, 0.4) is 0 Å². The molecule has 1 aliphatic heterocycles. The molecule has 2 unspecified atom stereocenters. The minimum Gasteiger partial charge on any atom is -0.445 e. The van der Waals surface area contributed by atoms with Crippen LogP contribution < -0.4 is 10.6 Å². The molecule has 0 bridgehead atoms. The summed E-state index contributed by atoms with van der Waals surface area (Å²) in [6.07, 6.45) is 2.23. The Hall–Kier alpha value is -5.25. The Balaban J connectivity index is 1.28. The summed E-state index contributed by atoms with van der Waals surface area (Å²) >= 11 is 0. The van der Waals surface area contributed by atoms with Gasteiger partial charge in [-0.1, -0.05) is 98.8 Å². The molecule has 0 radical (unpaired) electrons. The predicted molar refractivity (Wildman–Crippen MR) is 175 cm³/mol. The molecule has 10 nitrogen and oxygen atoms in total. The van der Waals surface area contributed by atoms with E-state index in [0.29, 0.717) is 25.9 Å². The quantitative estimate of drug-likeness (QED) is 0.185. The van der Waals surface area contributed by atoms with Crippen LogP contribution >= 0.6 is 0 Å². The fourth-order valence-corrected chi connectivity index (χ4v) is 5.57. The number of fused-ring (bicyclic) bond motifs is 1. The van der Waals surface area contributed by atoms with Gasteiger partial charge in [-0.15, -0.1) is 0 Å². The second-order valence-electron chi connectivity index (χ2n) is 12.1. The summed E-state index contributed by atoms with van der Waals surface area (Å²) in [7, 11) is 0. The Morgan fingerprint density at radius 1 is 0.851 bits per heavy atom. The lowest BCUT2D eigenvalue weighted by molar-refractivity contribution is -0.124. The number of ketones is 1. The fraction of sp³-hybridized carbons (Fsp3) is 0.324. The van der Waals surface area contributed by atoms with Gasteiger partial charge in [0.05, 0.1) is 6.04 Å². The van der Waals surface area contributed by atoms with E-state index in [1.54, 1.807) is 4.90 Å². The number of benzene rings is 3. The SMILES string of the molecule is CC(C)CC(NC(=O)OCc1ccccc1)C(=O)NC(CCc1ccccc1)C(=O)c1nc(C(=O)N2CCc3ccccc3C2)co1. The van der Waals surface area contributed by atoms with Crippen LogP contribution in [-0.2, 0) is 35.5 Å². The van der Waals surface area contributed by atoms with Crippen LogP contribution in [0.15, 0.2) is 95.6 Å². The van der Waals surface area contributed by atoms with Crippen LogP contribution in [0.1, 0.15) is 70.1 Å². The van der Waals surface area contributed by atoms with Gasteiger partial charge < -0.3 is 24.7 Å². The highest BCUT2D eigenvalue weighted by Gasteiger charge is 2.32. The first-order valence-electron chi connectivity index (χ1n) is 15.9.